The van der Waals surface area contributed by atoms with Crippen molar-refractivity contribution in [2.75, 3.05) is 11.4 Å². The van der Waals surface area contributed by atoms with Gasteiger partial charge in [0.05, 0.1) is 18.8 Å². The number of nitrogens with zero attached hydrogens (tertiary/aromatic N) is 4. The van der Waals surface area contributed by atoms with Gasteiger partial charge in [0.1, 0.15) is 17.7 Å². The summed E-state index contributed by atoms with van der Waals surface area (Å²) in [6.07, 6.45) is 0.282. The largest absolute Gasteiger partial charge is 0.364 e. The third-order valence-corrected chi connectivity index (χ3v) is 4.47. The summed E-state index contributed by atoms with van der Waals surface area (Å²) in [5, 5.41) is 4.33. The fraction of sp³-hybridized carbons (Fsp3) is 0.235. The fourth-order valence-electron chi connectivity index (χ4n) is 3.26. The number of nitrogens with two attached hydrogens (primary N) is 1. The predicted octanol–water partition coefficient (Wildman–Crippen LogP) is 2.40. The monoisotopic (exact) mass is 361 g/mol. The van der Waals surface area contributed by atoms with Crippen LogP contribution in [0.4, 0.5) is 19.0 Å². The normalized spacial score (nSPS) is 20.0. The topological polar surface area (TPSA) is 76.5 Å². The minimum absolute atomic E-state index is 0.0444. The minimum Gasteiger partial charge on any atom is -0.364 e. The molecule has 0 aliphatic carbocycles. The number of amides is 1. The lowest BCUT2D eigenvalue weighted by molar-refractivity contribution is 0.0993. The molecule has 0 saturated carbocycles. The predicted molar refractivity (Wildman–Crippen MR) is 87.5 cm³/mol. The van der Waals surface area contributed by atoms with Gasteiger partial charge >= 0.3 is 0 Å². The zero-order chi connectivity index (χ0) is 18.4. The number of anilines is 1. The highest BCUT2D eigenvalue weighted by atomic mass is 19.2. The molecular formula is C17H14F3N5O. The first kappa shape index (κ1) is 16.4. The number of alkyl halides is 1. The molecule has 2 atom stereocenters. The number of primary amides is 1. The molecule has 3 heterocycles. The molecule has 1 fully saturated rings. The Morgan fingerprint density at radius 1 is 1.19 bits per heavy atom. The number of hydrogen-bond acceptors (Lipinski definition) is 4. The van der Waals surface area contributed by atoms with Gasteiger partial charge in [-0.2, -0.15) is 0 Å². The van der Waals surface area contributed by atoms with Crippen LogP contribution in [0.5, 0.6) is 0 Å². The number of halogens is 3. The van der Waals surface area contributed by atoms with E-state index in [1.807, 2.05) is 0 Å². The summed E-state index contributed by atoms with van der Waals surface area (Å²) in [6.45, 7) is 0.0444. The van der Waals surface area contributed by atoms with Gasteiger partial charge in [0.15, 0.2) is 17.3 Å². The zero-order valence-electron chi connectivity index (χ0n) is 13.4. The van der Waals surface area contributed by atoms with Crippen molar-refractivity contribution in [1.82, 2.24) is 14.6 Å². The average Bonchev–Trinajstić information content (AvgIpc) is 3.20. The number of hydrogen-bond donors (Lipinski definition) is 1. The Morgan fingerprint density at radius 3 is 2.73 bits per heavy atom. The van der Waals surface area contributed by atoms with Crippen LogP contribution in [0, 0.1) is 11.6 Å². The molecule has 2 aromatic heterocycles. The molecule has 1 aliphatic rings. The third kappa shape index (κ3) is 2.65. The Morgan fingerprint density at radius 2 is 2.00 bits per heavy atom. The second-order valence-corrected chi connectivity index (χ2v) is 6.14. The van der Waals surface area contributed by atoms with Crippen LogP contribution in [-0.2, 0) is 0 Å². The Bertz CT molecular complexity index is 1010. The summed E-state index contributed by atoms with van der Waals surface area (Å²) >= 11 is 0. The van der Waals surface area contributed by atoms with E-state index < -0.39 is 29.8 Å². The molecule has 0 bridgehead atoms. The standard InChI is InChI=1S/C17H14F3N5O/c18-10-6-13(9-1-2-11(19)12(20)5-9)24(8-10)16-4-3-15-22-7-14(17(21)26)25(15)23-16/h1-5,7,10,13H,6,8H2,(H2,21,26). The molecule has 26 heavy (non-hydrogen) atoms. The molecule has 6 nitrogen and oxygen atoms in total. The highest BCUT2D eigenvalue weighted by Crippen LogP contribution is 2.37. The number of carbonyl (C=O) groups is 1. The number of aromatic nitrogens is 3. The Hall–Kier alpha value is -3.10. The van der Waals surface area contributed by atoms with Gasteiger partial charge in [0.25, 0.3) is 5.91 Å². The van der Waals surface area contributed by atoms with Gasteiger partial charge in [0, 0.05) is 6.42 Å². The molecule has 0 radical (unpaired) electrons. The lowest BCUT2D eigenvalue weighted by atomic mass is 10.0. The quantitative estimate of drug-likeness (QED) is 0.777. The summed E-state index contributed by atoms with van der Waals surface area (Å²) < 4.78 is 42.2. The summed E-state index contributed by atoms with van der Waals surface area (Å²) in [5.41, 5.74) is 6.28. The van der Waals surface area contributed by atoms with Crippen molar-refractivity contribution in [3.63, 3.8) is 0 Å². The highest BCUT2D eigenvalue weighted by molar-refractivity contribution is 5.91. The van der Waals surface area contributed by atoms with Crippen LogP contribution in [0.25, 0.3) is 5.65 Å². The molecule has 9 heteroatoms. The molecule has 1 aliphatic heterocycles. The van der Waals surface area contributed by atoms with Crippen LogP contribution in [0.3, 0.4) is 0 Å². The molecule has 1 aromatic carbocycles. The van der Waals surface area contributed by atoms with Gasteiger partial charge in [-0.15, -0.1) is 5.10 Å². The second kappa shape index (κ2) is 6.01. The minimum atomic E-state index is -1.15. The number of benzene rings is 1. The third-order valence-electron chi connectivity index (χ3n) is 4.47. The van der Waals surface area contributed by atoms with E-state index in [1.165, 1.54) is 16.8 Å². The molecule has 134 valence electrons. The smallest absolute Gasteiger partial charge is 0.269 e. The number of carbonyl (C=O) groups excluding carboxylic acids is 1. The van der Waals surface area contributed by atoms with Crippen LogP contribution in [-0.4, -0.2) is 33.2 Å². The van der Waals surface area contributed by atoms with Gasteiger partial charge in [-0.05, 0) is 29.8 Å². The first-order chi connectivity index (χ1) is 12.4. The number of fused-ring (bicyclic) bond motifs is 1. The fourth-order valence-corrected chi connectivity index (χ4v) is 3.26. The molecule has 3 aromatic rings. The number of imidazole rings is 1. The van der Waals surface area contributed by atoms with Crippen molar-refractivity contribution in [1.29, 1.82) is 0 Å². The molecule has 1 saturated heterocycles. The second-order valence-electron chi connectivity index (χ2n) is 6.14. The SMILES string of the molecule is NC(=O)c1cnc2ccc(N3CC(F)CC3c3ccc(F)c(F)c3)nn12. The van der Waals surface area contributed by atoms with Crippen molar-refractivity contribution < 1.29 is 18.0 Å². The molecular weight excluding hydrogens is 347 g/mol. The van der Waals surface area contributed by atoms with Gasteiger partial charge in [0.2, 0.25) is 0 Å². The van der Waals surface area contributed by atoms with E-state index >= 15 is 0 Å². The lowest BCUT2D eigenvalue weighted by Crippen LogP contribution is -2.26. The first-order valence-electron chi connectivity index (χ1n) is 7.94. The van der Waals surface area contributed by atoms with Crippen LogP contribution >= 0.6 is 0 Å². The van der Waals surface area contributed by atoms with E-state index in [0.29, 0.717) is 17.0 Å². The van der Waals surface area contributed by atoms with E-state index in [4.69, 9.17) is 5.73 Å². The summed E-state index contributed by atoms with van der Waals surface area (Å²) in [4.78, 5) is 17.2. The van der Waals surface area contributed by atoms with Crippen molar-refractivity contribution in [2.24, 2.45) is 5.73 Å². The van der Waals surface area contributed by atoms with Crippen LogP contribution in [0.2, 0.25) is 0 Å². The Kier molecular flexibility index (Phi) is 3.78. The van der Waals surface area contributed by atoms with Crippen molar-refractivity contribution in [2.45, 2.75) is 18.6 Å². The molecule has 4 rings (SSSR count). The van der Waals surface area contributed by atoms with Gasteiger partial charge < -0.3 is 10.6 Å². The maximum Gasteiger partial charge on any atom is 0.269 e. The van der Waals surface area contributed by atoms with Crippen LogP contribution in [0.15, 0.2) is 36.5 Å². The van der Waals surface area contributed by atoms with E-state index in [0.717, 1.165) is 12.1 Å². The molecule has 2 N–H and O–H groups in total. The first-order valence-corrected chi connectivity index (χ1v) is 7.94. The van der Waals surface area contributed by atoms with Crippen molar-refractivity contribution in [3.8, 4) is 0 Å². The van der Waals surface area contributed by atoms with Crippen LogP contribution < -0.4 is 10.6 Å². The van der Waals surface area contributed by atoms with E-state index in [-0.39, 0.29) is 18.7 Å². The Labute approximate surface area is 146 Å². The maximum atomic E-state index is 14.1. The number of rotatable bonds is 3. The van der Waals surface area contributed by atoms with E-state index in [2.05, 4.69) is 10.1 Å². The Balaban J connectivity index is 1.77. The van der Waals surface area contributed by atoms with Crippen molar-refractivity contribution >= 4 is 17.4 Å². The van der Waals surface area contributed by atoms with E-state index in [9.17, 15) is 18.0 Å². The van der Waals surface area contributed by atoms with Gasteiger partial charge in [-0.1, -0.05) is 6.07 Å². The van der Waals surface area contributed by atoms with E-state index in [1.54, 1.807) is 17.0 Å². The average molecular weight is 361 g/mol. The molecule has 0 spiro atoms. The lowest BCUT2D eigenvalue weighted by Gasteiger charge is -2.25. The highest BCUT2D eigenvalue weighted by Gasteiger charge is 2.35. The van der Waals surface area contributed by atoms with Gasteiger partial charge in [-0.3, -0.25) is 4.79 Å². The molecule has 2 unspecified atom stereocenters. The summed E-state index contributed by atoms with van der Waals surface area (Å²) in [5.74, 6) is -2.25. The summed E-state index contributed by atoms with van der Waals surface area (Å²) in [6, 6.07) is 6.27. The summed E-state index contributed by atoms with van der Waals surface area (Å²) in [7, 11) is 0. The van der Waals surface area contributed by atoms with Gasteiger partial charge in [-0.25, -0.2) is 22.7 Å². The van der Waals surface area contributed by atoms with Crippen LogP contribution in [0.1, 0.15) is 28.5 Å². The maximum absolute atomic E-state index is 14.1. The molecule has 1 amide bonds. The zero-order valence-corrected chi connectivity index (χ0v) is 13.4. The van der Waals surface area contributed by atoms with Crippen molar-refractivity contribution in [3.05, 3.63) is 59.4 Å².